The van der Waals surface area contributed by atoms with Gasteiger partial charge in [0.05, 0.1) is 12.5 Å². The summed E-state index contributed by atoms with van der Waals surface area (Å²) in [6, 6.07) is 7.44. The van der Waals surface area contributed by atoms with Crippen LogP contribution >= 0.6 is 15.9 Å². The standard InChI is InChI=1S/C12H14BrNO3/c1-8(9-4-2-3-5-10(9)13)14-11(15)6-7-12(16)17/h2-5,8H,6-7H2,1H3,(H,14,15)(H,16,17). The lowest BCUT2D eigenvalue weighted by molar-refractivity contribution is -0.138. The van der Waals surface area contributed by atoms with E-state index in [4.69, 9.17) is 5.11 Å². The summed E-state index contributed by atoms with van der Waals surface area (Å²) in [6.45, 7) is 1.86. The van der Waals surface area contributed by atoms with E-state index in [0.717, 1.165) is 10.0 Å². The van der Waals surface area contributed by atoms with Gasteiger partial charge in [-0.15, -0.1) is 0 Å². The molecule has 0 heterocycles. The first-order valence-electron chi connectivity index (χ1n) is 5.26. The van der Waals surface area contributed by atoms with Crippen molar-refractivity contribution in [3.05, 3.63) is 34.3 Å². The number of amides is 1. The summed E-state index contributed by atoms with van der Waals surface area (Å²) in [6.07, 6.45) is -0.140. The molecule has 0 fully saturated rings. The number of hydrogen-bond donors (Lipinski definition) is 2. The topological polar surface area (TPSA) is 66.4 Å². The van der Waals surface area contributed by atoms with Crippen LogP contribution < -0.4 is 5.32 Å². The minimum Gasteiger partial charge on any atom is -0.481 e. The van der Waals surface area contributed by atoms with Gasteiger partial charge in [0.1, 0.15) is 0 Å². The second-order valence-electron chi connectivity index (χ2n) is 3.70. The smallest absolute Gasteiger partial charge is 0.303 e. The van der Waals surface area contributed by atoms with Crippen LogP contribution in [0.3, 0.4) is 0 Å². The molecule has 2 N–H and O–H groups in total. The van der Waals surface area contributed by atoms with E-state index in [1.807, 2.05) is 31.2 Å². The number of carbonyl (C=O) groups is 2. The summed E-state index contributed by atoms with van der Waals surface area (Å²) in [4.78, 5) is 21.8. The molecule has 1 unspecified atom stereocenters. The number of nitrogens with one attached hydrogen (secondary N) is 1. The molecule has 0 radical (unpaired) electrons. The van der Waals surface area contributed by atoms with E-state index >= 15 is 0 Å². The normalized spacial score (nSPS) is 11.9. The second kappa shape index (κ2) is 6.39. The molecule has 1 rings (SSSR count). The monoisotopic (exact) mass is 299 g/mol. The Balaban J connectivity index is 2.55. The fourth-order valence-corrected chi connectivity index (χ4v) is 2.07. The summed E-state index contributed by atoms with van der Waals surface area (Å²) >= 11 is 3.40. The largest absolute Gasteiger partial charge is 0.481 e. The van der Waals surface area contributed by atoms with Crippen molar-refractivity contribution in [2.24, 2.45) is 0 Å². The molecule has 0 aliphatic carbocycles. The van der Waals surface area contributed by atoms with E-state index in [1.54, 1.807) is 0 Å². The zero-order valence-corrected chi connectivity index (χ0v) is 11.0. The third-order valence-corrected chi connectivity index (χ3v) is 3.04. The van der Waals surface area contributed by atoms with Crippen molar-refractivity contribution in [3.63, 3.8) is 0 Å². The molecule has 0 aromatic heterocycles. The van der Waals surface area contributed by atoms with Crippen LogP contribution in [0.2, 0.25) is 0 Å². The van der Waals surface area contributed by atoms with Gasteiger partial charge in [-0.05, 0) is 18.6 Å². The van der Waals surface area contributed by atoms with Crippen LogP contribution in [0.5, 0.6) is 0 Å². The van der Waals surface area contributed by atoms with E-state index in [-0.39, 0.29) is 24.8 Å². The molecular weight excluding hydrogens is 286 g/mol. The predicted molar refractivity (Wildman–Crippen MR) is 67.6 cm³/mol. The molecule has 1 aromatic rings. The summed E-state index contributed by atoms with van der Waals surface area (Å²) in [5.41, 5.74) is 0.969. The minimum atomic E-state index is -0.964. The number of halogens is 1. The van der Waals surface area contributed by atoms with Gasteiger partial charge in [-0.2, -0.15) is 0 Å². The van der Waals surface area contributed by atoms with E-state index in [1.165, 1.54) is 0 Å². The summed E-state index contributed by atoms with van der Waals surface area (Å²) in [7, 11) is 0. The van der Waals surface area contributed by atoms with Gasteiger partial charge in [0.2, 0.25) is 5.91 Å². The Labute approximate surface area is 108 Å². The molecule has 0 spiro atoms. The fraction of sp³-hybridized carbons (Fsp3) is 0.333. The van der Waals surface area contributed by atoms with Gasteiger partial charge in [-0.25, -0.2) is 0 Å². The summed E-state index contributed by atoms with van der Waals surface area (Å²) in [5, 5.41) is 11.2. The number of carboxylic acids is 1. The summed E-state index contributed by atoms with van der Waals surface area (Å²) < 4.78 is 0.922. The lowest BCUT2D eigenvalue weighted by Gasteiger charge is -2.15. The van der Waals surface area contributed by atoms with Gasteiger partial charge < -0.3 is 10.4 Å². The molecule has 4 nitrogen and oxygen atoms in total. The Kier molecular flexibility index (Phi) is 5.15. The molecule has 1 amide bonds. The maximum absolute atomic E-state index is 11.5. The first-order valence-corrected chi connectivity index (χ1v) is 6.05. The average molecular weight is 300 g/mol. The fourth-order valence-electron chi connectivity index (χ4n) is 1.44. The zero-order chi connectivity index (χ0) is 12.8. The maximum Gasteiger partial charge on any atom is 0.303 e. The van der Waals surface area contributed by atoms with Gasteiger partial charge in [-0.3, -0.25) is 9.59 Å². The van der Waals surface area contributed by atoms with Crippen LogP contribution in [0.1, 0.15) is 31.4 Å². The van der Waals surface area contributed by atoms with Crippen LogP contribution in [-0.4, -0.2) is 17.0 Å². The van der Waals surface area contributed by atoms with Crippen LogP contribution in [0.25, 0.3) is 0 Å². The first kappa shape index (κ1) is 13.7. The molecule has 0 aliphatic rings. The van der Waals surface area contributed by atoms with Crippen molar-refractivity contribution in [2.45, 2.75) is 25.8 Å². The second-order valence-corrected chi connectivity index (χ2v) is 4.56. The third-order valence-electron chi connectivity index (χ3n) is 2.32. The molecule has 5 heteroatoms. The van der Waals surface area contributed by atoms with Gasteiger partial charge in [0.15, 0.2) is 0 Å². The molecule has 0 saturated heterocycles. The third kappa shape index (κ3) is 4.56. The number of carbonyl (C=O) groups excluding carboxylic acids is 1. The van der Waals surface area contributed by atoms with Crippen LogP contribution in [0, 0.1) is 0 Å². The van der Waals surface area contributed by atoms with Crippen molar-refractivity contribution in [1.82, 2.24) is 5.32 Å². The van der Waals surface area contributed by atoms with Crippen molar-refractivity contribution >= 4 is 27.8 Å². The molecule has 92 valence electrons. The first-order chi connectivity index (χ1) is 8.00. The van der Waals surface area contributed by atoms with Gasteiger partial charge in [0.25, 0.3) is 0 Å². The van der Waals surface area contributed by atoms with E-state index in [0.29, 0.717) is 0 Å². The highest BCUT2D eigenvalue weighted by molar-refractivity contribution is 9.10. The van der Waals surface area contributed by atoms with Crippen LogP contribution in [0.15, 0.2) is 28.7 Å². The lowest BCUT2D eigenvalue weighted by atomic mass is 10.1. The van der Waals surface area contributed by atoms with E-state index in [2.05, 4.69) is 21.2 Å². The molecule has 1 aromatic carbocycles. The number of aliphatic carboxylic acids is 1. The van der Waals surface area contributed by atoms with Gasteiger partial charge in [-0.1, -0.05) is 34.1 Å². The molecule has 17 heavy (non-hydrogen) atoms. The zero-order valence-electron chi connectivity index (χ0n) is 9.44. The van der Waals surface area contributed by atoms with E-state index in [9.17, 15) is 9.59 Å². The quantitative estimate of drug-likeness (QED) is 0.878. The Hall–Kier alpha value is -1.36. The highest BCUT2D eigenvalue weighted by atomic mass is 79.9. The van der Waals surface area contributed by atoms with E-state index < -0.39 is 5.97 Å². The van der Waals surface area contributed by atoms with Crippen LogP contribution in [-0.2, 0) is 9.59 Å². The Bertz CT molecular complexity index is 420. The van der Waals surface area contributed by atoms with Crippen LogP contribution in [0.4, 0.5) is 0 Å². The predicted octanol–water partition coefficient (Wildman–Crippen LogP) is 2.49. The number of hydrogen-bond acceptors (Lipinski definition) is 2. The Morgan fingerprint density at radius 2 is 2.00 bits per heavy atom. The Morgan fingerprint density at radius 3 is 2.59 bits per heavy atom. The maximum atomic E-state index is 11.5. The van der Waals surface area contributed by atoms with Crippen molar-refractivity contribution in [2.75, 3.05) is 0 Å². The lowest BCUT2D eigenvalue weighted by Crippen LogP contribution is -2.27. The summed E-state index contributed by atoms with van der Waals surface area (Å²) in [5.74, 6) is -1.22. The van der Waals surface area contributed by atoms with Gasteiger partial charge in [0, 0.05) is 10.9 Å². The molecular formula is C12H14BrNO3. The highest BCUT2D eigenvalue weighted by Gasteiger charge is 2.12. The molecule has 0 saturated carbocycles. The van der Waals surface area contributed by atoms with Crippen molar-refractivity contribution < 1.29 is 14.7 Å². The number of benzene rings is 1. The minimum absolute atomic E-state index is 0.00409. The number of carboxylic acid groups (broad SMARTS) is 1. The number of rotatable bonds is 5. The van der Waals surface area contributed by atoms with Gasteiger partial charge >= 0.3 is 5.97 Å². The highest BCUT2D eigenvalue weighted by Crippen LogP contribution is 2.22. The van der Waals surface area contributed by atoms with Crippen molar-refractivity contribution in [3.8, 4) is 0 Å². The Morgan fingerprint density at radius 1 is 1.35 bits per heavy atom. The molecule has 0 bridgehead atoms. The SMILES string of the molecule is CC(NC(=O)CCC(=O)O)c1ccccc1Br. The average Bonchev–Trinajstić information content (AvgIpc) is 2.26. The molecule has 1 atom stereocenters. The molecule has 0 aliphatic heterocycles. The van der Waals surface area contributed by atoms with Crippen molar-refractivity contribution in [1.29, 1.82) is 0 Å².